The van der Waals surface area contributed by atoms with Gasteiger partial charge in [-0.25, -0.2) is 18.2 Å². The topological polar surface area (TPSA) is 141 Å². The molecule has 0 unspecified atom stereocenters. The van der Waals surface area contributed by atoms with Gasteiger partial charge < -0.3 is 10.2 Å². The molecule has 11 heteroatoms. The summed E-state index contributed by atoms with van der Waals surface area (Å²) in [5.41, 5.74) is 0.295. The van der Waals surface area contributed by atoms with Gasteiger partial charge in [0.25, 0.3) is 10.0 Å². The number of sulfonamides is 1. The second-order valence-electron chi connectivity index (χ2n) is 5.52. The Labute approximate surface area is 176 Å². The summed E-state index contributed by atoms with van der Waals surface area (Å²) in [5, 5.41) is 26.3. The van der Waals surface area contributed by atoms with Gasteiger partial charge in [-0.1, -0.05) is 6.07 Å². The monoisotopic (exact) mass is 454 g/mol. The van der Waals surface area contributed by atoms with E-state index in [0.717, 1.165) is 0 Å². The average molecular weight is 454 g/mol. The van der Waals surface area contributed by atoms with Crippen molar-refractivity contribution in [1.82, 2.24) is 4.98 Å². The number of azo groups is 1. The predicted molar refractivity (Wildman–Crippen MR) is 101 cm³/mol. The summed E-state index contributed by atoms with van der Waals surface area (Å²) >= 11 is 0. The minimum atomic E-state index is -3.79. The van der Waals surface area contributed by atoms with Gasteiger partial charge in [-0.15, -0.1) is 0 Å². The smallest absolute Gasteiger partial charge is 0.339 e. The van der Waals surface area contributed by atoms with Crippen LogP contribution in [0.15, 0.2) is 82.0 Å². The predicted octanol–water partition coefficient (Wildman–Crippen LogP) is 3.70. The minimum absolute atomic E-state index is 0. The zero-order valence-electron chi connectivity index (χ0n) is 14.6. The Morgan fingerprint density at radius 1 is 0.966 bits per heavy atom. The molecule has 0 bridgehead atoms. The molecule has 3 rings (SSSR count). The number of nitrogens with zero attached hydrogens (tertiary/aromatic N) is 3. The van der Waals surface area contributed by atoms with Gasteiger partial charge in [0, 0.05) is 23.3 Å². The molecule has 0 atom stereocenters. The van der Waals surface area contributed by atoms with Crippen molar-refractivity contribution in [3.8, 4) is 5.75 Å². The Morgan fingerprint density at radius 2 is 1.62 bits per heavy atom. The maximum Gasteiger partial charge on any atom is 0.339 e. The number of carboxylic acids is 1. The van der Waals surface area contributed by atoms with Crippen molar-refractivity contribution in [2.45, 2.75) is 4.90 Å². The average Bonchev–Trinajstić information content (AvgIpc) is 2.68. The number of phenols is 1. The molecule has 150 valence electrons. The number of anilines is 1. The standard InChI is InChI=1S/C18H14N4O5S.Fe/c23-16-9-6-13(11-15(16)18(24)25)21-20-12-4-7-14(8-5-12)28(26,27)22-17-3-1-2-10-19-17;/h1-11,23H,(H,19,22)(H,24,25);. The number of aromatic carboxylic acids is 1. The van der Waals surface area contributed by atoms with Gasteiger partial charge in [0.2, 0.25) is 0 Å². The summed E-state index contributed by atoms with van der Waals surface area (Å²) in [6.07, 6.45) is 1.47. The van der Waals surface area contributed by atoms with Crippen LogP contribution in [0.4, 0.5) is 17.2 Å². The molecule has 1 aromatic heterocycles. The van der Waals surface area contributed by atoms with Crippen LogP contribution < -0.4 is 4.72 Å². The molecule has 0 amide bonds. The van der Waals surface area contributed by atoms with Crippen LogP contribution in [-0.2, 0) is 27.1 Å². The number of carboxylic acid groups (broad SMARTS) is 1. The Bertz CT molecular complexity index is 1140. The van der Waals surface area contributed by atoms with Crippen molar-refractivity contribution in [3.05, 3.63) is 72.4 Å². The van der Waals surface area contributed by atoms with E-state index < -0.39 is 16.0 Å². The normalized spacial score (nSPS) is 11.0. The zero-order chi connectivity index (χ0) is 20.1. The van der Waals surface area contributed by atoms with Gasteiger partial charge in [0.15, 0.2) is 0 Å². The molecular formula is C18H14FeN4O5S. The fraction of sp³-hybridized carbons (Fsp3) is 0. The van der Waals surface area contributed by atoms with Gasteiger partial charge >= 0.3 is 5.97 Å². The van der Waals surface area contributed by atoms with E-state index in [-0.39, 0.29) is 44.8 Å². The Hall–Kier alpha value is -3.27. The fourth-order valence-electron chi connectivity index (χ4n) is 2.18. The van der Waals surface area contributed by atoms with E-state index in [1.165, 1.54) is 54.7 Å². The molecule has 2 aromatic carbocycles. The minimum Gasteiger partial charge on any atom is -0.507 e. The number of aromatic hydroxyl groups is 1. The van der Waals surface area contributed by atoms with E-state index >= 15 is 0 Å². The Balaban J connectivity index is 0.00000300. The summed E-state index contributed by atoms with van der Waals surface area (Å²) in [6.45, 7) is 0. The number of hydrogen-bond acceptors (Lipinski definition) is 7. The van der Waals surface area contributed by atoms with Crippen LogP contribution >= 0.6 is 0 Å². The molecule has 9 nitrogen and oxygen atoms in total. The molecule has 3 N–H and O–H groups in total. The number of carbonyl (C=O) groups is 1. The SMILES string of the molecule is O=C(O)c1cc(N=Nc2ccc(S(=O)(=O)Nc3ccccn3)cc2)ccc1O.[Fe]. The summed E-state index contributed by atoms with van der Waals surface area (Å²) < 4.78 is 27.0. The summed E-state index contributed by atoms with van der Waals surface area (Å²) in [4.78, 5) is 14.9. The third kappa shape index (κ3) is 5.61. The molecule has 0 fully saturated rings. The third-order valence-electron chi connectivity index (χ3n) is 3.54. The van der Waals surface area contributed by atoms with Gasteiger partial charge in [-0.2, -0.15) is 10.2 Å². The van der Waals surface area contributed by atoms with Crippen LogP contribution in [0.25, 0.3) is 0 Å². The van der Waals surface area contributed by atoms with Gasteiger partial charge in [-0.05, 0) is 54.6 Å². The molecule has 29 heavy (non-hydrogen) atoms. The van der Waals surface area contributed by atoms with E-state index in [1.807, 2.05) is 0 Å². The molecule has 0 aliphatic carbocycles. The summed E-state index contributed by atoms with van der Waals surface area (Å²) in [6, 6.07) is 14.3. The van der Waals surface area contributed by atoms with Crippen LogP contribution in [0.2, 0.25) is 0 Å². The summed E-state index contributed by atoms with van der Waals surface area (Å²) in [7, 11) is -3.79. The molecule has 0 aliphatic heterocycles. The number of benzene rings is 2. The van der Waals surface area contributed by atoms with Crippen LogP contribution in [0, 0.1) is 0 Å². The first-order chi connectivity index (χ1) is 13.3. The van der Waals surface area contributed by atoms with Gasteiger partial charge in [0.1, 0.15) is 17.1 Å². The van der Waals surface area contributed by atoms with Crippen molar-refractivity contribution in [2.75, 3.05) is 4.72 Å². The van der Waals surface area contributed by atoms with Crippen molar-refractivity contribution in [2.24, 2.45) is 10.2 Å². The van der Waals surface area contributed by atoms with Crippen molar-refractivity contribution >= 4 is 33.2 Å². The number of pyridine rings is 1. The third-order valence-corrected chi connectivity index (χ3v) is 4.91. The quantitative estimate of drug-likeness (QED) is 0.383. The van der Waals surface area contributed by atoms with E-state index in [2.05, 4.69) is 19.9 Å². The molecule has 0 aliphatic rings. The first-order valence-electron chi connectivity index (χ1n) is 7.87. The first-order valence-corrected chi connectivity index (χ1v) is 9.35. The second-order valence-corrected chi connectivity index (χ2v) is 7.20. The zero-order valence-corrected chi connectivity index (χ0v) is 16.5. The number of hydrogen-bond donors (Lipinski definition) is 3. The van der Waals surface area contributed by atoms with Crippen molar-refractivity contribution in [3.63, 3.8) is 0 Å². The molecular weight excluding hydrogens is 440 g/mol. The van der Waals surface area contributed by atoms with Crippen LogP contribution in [0.3, 0.4) is 0 Å². The van der Waals surface area contributed by atoms with E-state index in [0.29, 0.717) is 5.69 Å². The molecule has 3 aromatic rings. The molecule has 0 saturated heterocycles. The molecule has 0 saturated carbocycles. The maximum absolute atomic E-state index is 12.3. The largest absolute Gasteiger partial charge is 0.507 e. The fourth-order valence-corrected chi connectivity index (χ4v) is 3.19. The molecule has 0 radical (unpaired) electrons. The number of aromatic nitrogens is 1. The van der Waals surface area contributed by atoms with Crippen molar-refractivity contribution in [1.29, 1.82) is 0 Å². The van der Waals surface area contributed by atoms with Crippen LogP contribution in [0.1, 0.15) is 10.4 Å². The number of rotatable bonds is 6. The van der Waals surface area contributed by atoms with Gasteiger partial charge in [-0.3, -0.25) is 4.72 Å². The van der Waals surface area contributed by atoms with Crippen LogP contribution in [0.5, 0.6) is 5.75 Å². The molecule has 1 heterocycles. The van der Waals surface area contributed by atoms with Crippen LogP contribution in [-0.4, -0.2) is 29.6 Å². The van der Waals surface area contributed by atoms with Crippen molar-refractivity contribution < 1.29 is 40.5 Å². The maximum atomic E-state index is 12.3. The van der Waals surface area contributed by atoms with E-state index in [4.69, 9.17) is 5.11 Å². The number of nitrogens with one attached hydrogen (secondary N) is 1. The van der Waals surface area contributed by atoms with E-state index in [1.54, 1.807) is 12.1 Å². The van der Waals surface area contributed by atoms with E-state index in [9.17, 15) is 18.3 Å². The second kappa shape index (κ2) is 9.28. The Kier molecular flexibility index (Phi) is 7.05. The first kappa shape index (κ1) is 22.0. The Morgan fingerprint density at radius 3 is 2.24 bits per heavy atom. The van der Waals surface area contributed by atoms with Gasteiger partial charge in [0.05, 0.1) is 16.3 Å². The molecule has 0 spiro atoms. The summed E-state index contributed by atoms with van der Waals surface area (Å²) in [5.74, 6) is -1.46.